The Morgan fingerprint density at radius 2 is 1.63 bits per heavy atom. The van der Waals surface area contributed by atoms with E-state index >= 15 is 0 Å². The van der Waals surface area contributed by atoms with Crippen LogP contribution in [0.5, 0.6) is 5.75 Å². The lowest BCUT2D eigenvalue weighted by molar-refractivity contribution is -0.132. The zero-order valence-corrected chi connectivity index (χ0v) is 26.5. The molecule has 0 radical (unpaired) electrons. The van der Waals surface area contributed by atoms with E-state index in [9.17, 15) is 14.4 Å². The first kappa shape index (κ1) is 32.5. The first-order valence-electron chi connectivity index (χ1n) is 16.1. The number of hydrogen-bond donors (Lipinski definition) is 2. The van der Waals surface area contributed by atoms with Gasteiger partial charge >= 0.3 is 6.09 Å². The number of rotatable bonds is 12. The molecule has 46 heavy (non-hydrogen) atoms. The number of alkyl carbamates (subject to hydrolysis) is 1. The highest BCUT2D eigenvalue weighted by molar-refractivity contribution is 5.98. The van der Waals surface area contributed by atoms with Crippen LogP contribution in [0, 0.1) is 0 Å². The molecule has 5 rings (SSSR count). The van der Waals surface area contributed by atoms with Crippen LogP contribution < -0.4 is 15.4 Å². The van der Waals surface area contributed by atoms with Gasteiger partial charge in [-0.1, -0.05) is 92.1 Å². The van der Waals surface area contributed by atoms with E-state index in [0.29, 0.717) is 50.0 Å². The summed E-state index contributed by atoms with van der Waals surface area (Å²) in [6.07, 6.45) is 6.08. The van der Waals surface area contributed by atoms with Crippen LogP contribution in [0.3, 0.4) is 0 Å². The number of benzene rings is 3. The predicted molar refractivity (Wildman–Crippen MR) is 176 cm³/mol. The number of carbonyl (C=O) groups is 3. The Morgan fingerprint density at radius 3 is 2.37 bits per heavy atom. The fourth-order valence-corrected chi connectivity index (χ4v) is 5.76. The maximum atomic E-state index is 13.0. The molecule has 3 aromatic rings. The van der Waals surface area contributed by atoms with Crippen molar-refractivity contribution in [3.8, 4) is 5.75 Å². The van der Waals surface area contributed by atoms with E-state index in [0.717, 1.165) is 29.5 Å². The third-order valence-corrected chi connectivity index (χ3v) is 8.36. The topological polar surface area (TPSA) is 113 Å². The lowest BCUT2D eigenvalue weighted by Gasteiger charge is -2.31. The molecule has 1 heterocycles. The molecule has 0 atom stereocenters. The Hall–Kier alpha value is -4.86. The maximum absolute atomic E-state index is 13.0. The van der Waals surface area contributed by atoms with Crippen LogP contribution >= 0.6 is 0 Å². The van der Waals surface area contributed by atoms with Crippen molar-refractivity contribution in [2.75, 3.05) is 20.2 Å². The molecular formula is C36H43N5O5. The molecule has 1 fully saturated rings. The van der Waals surface area contributed by atoms with Gasteiger partial charge in [-0.2, -0.15) is 0 Å². The van der Waals surface area contributed by atoms with Crippen molar-refractivity contribution in [2.24, 2.45) is 4.99 Å². The van der Waals surface area contributed by atoms with E-state index in [2.05, 4.69) is 10.6 Å². The second kappa shape index (κ2) is 16.5. The van der Waals surface area contributed by atoms with Gasteiger partial charge < -0.3 is 24.6 Å². The molecule has 0 aromatic heterocycles. The van der Waals surface area contributed by atoms with E-state index in [4.69, 9.17) is 14.5 Å². The van der Waals surface area contributed by atoms with Gasteiger partial charge in [0.2, 0.25) is 17.8 Å². The largest absolute Gasteiger partial charge is 0.491 e. The second-order valence-electron chi connectivity index (χ2n) is 11.8. The summed E-state index contributed by atoms with van der Waals surface area (Å²) in [5.74, 6) is 0.677. The third-order valence-electron chi connectivity index (χ3n) is 8.36. The molecule has 242 valence electrons. The Balaban J connectivity index is 1.23. The van der Waals surface area contributed by atoms with Gasteiger partial charge in [0.25, 0.3) is 0 Å². The van der Waals surface area contributed by atoms with Crippen molar-refractivity contribution in [3.05, 3.63) is 95.6 Å². The molecule has 3 aromatic carbocycles. The summed E-state index contributed by atoms with van der Waals surface area (Å²) in [6, 6.07) is 25.0. The Kier molecular flexibility index (Phi) is 11.6. The quantitative estimate of drug-likeness (QED) is 0.251. The molecule has 2 aliphatic rings. The lowest BCUT2D eigenvalue weighted by Crippen LogP contribution is -2.49. The Bertz CT molecular complexity index is 1490. The minimum absolute atomic E-state index is 0.0220. The number of carbonyl (C=O) groups excluding carboxylic acids is 3. The van der Waals surface area contributed by atoms with Gasteiger partial charge in [-0.3, -0.25) is 14.9 Å². The summed E-state index contributed by atoms with van der Waals surface area (Å²) in [6.45, 7) is 1.14. The van der Waals surface area contributed by atoms with Gasteiger partial charge in [0.05, 0.1) is 6.61 Å². The number of nitrogens with one attached hydrogen (secondary N) is 2. The van der Waals surface area contributed by atoms with Crippen LogP contribution in [0.25, 0.3) is 0 Å². The second-order valence-corrected chi connectivity index (χ2v) is 11.8. The van der Waals surface area contributed by atoms with Crippen LogP contribution in [0.15, 0.2) is 83.9 Å². The number of fused-ring (bicyclic) bond motifs is 1. The number of aliphatic imine (C=N–C) groups is 1. The molecule has 2 N–H and O–H groups in total. The first-order chi connectivity index (χ1) is 22.5. The number of guanidine groups is 1. The minimum Gasteiger partial charge on any atom is -0.491 e. The normalized spacial score (nSPS) is 14.5. The minimum atomic E-state index is -0.681. The van der Waals surface area contributed by atoms with Gasteiger partial charge in [-0.05, 0) is 36.5 Å². The van der Waals surface area contributed by atoms with Crippen LogP contribution in [0.2, 0.25) is 0 Å². The van der Waals surface area contributed by atoms with E-state index in [1.807, 2.05) is 90.8 Å². The third kappa shape index (κ3) is 9.32. The molecule has 1 saturated carbocycles. The maximum Gasteiger partial charge on any atom is 0.414 e. The molecule has 10 nitrogen and oxygen atoms in total. The van der Waals surface area contributed by atoms with Crippen molar-refractivity contribution in [1.29, 1.82) is 0 Å². The smallest absolute Gasteiger partial charge is 0.414 e. The molecule has 10 heteroatoms. The average molecular weight is 626 g/mol. The lowest BCUT2D eigenvalue weighted by atomic mass is 9.94. The number of amides is 3. The summed E-state index contributed by atoms with van der Waals surface area (Å²) in [5, 5.41) is 5.68. The standard InChI is InChI=1S/C36H43N5O5/c1-40(30-18-9-4-10-19-30)33(43)21-12-22-45-31-20-11-17-29-24-41(25-32(42)37-23-27-13-5-2-6-14-27)35(38-34(29)31)39-36(44)46-26-28-15-7-3-8-16-28/h2-3,5-8,11,13-17,20,30H,4,9-10,12,18-19,21-26H2,1H3,(H,37,42)(H,38,39,44). The highest BCUT2D eigenvalue weighted by Gasteiger charge is 2.26. The van der Waals surface area contributed by atoms with E-state index < -0.39 is 6.09 Å². The van der Waals surface area contributed by atoms with Crippen LogP contribution in [-0.2, 0) is 34.0 Å². The summed E-state index contributed by atoms with van der Waals surface area (Å²) in [7, 11) is 1.91. The summed E-state index contributed by atoms with van der Waals surface area (Å²) in [5.41, 5.74) is 3.27. The van der Waals surface area contributed by atoms with Crippen molar-refractivity contribution in [2.45, 2.75) is 70.7 Å². The summed E-state index contributed by atoms with van der Waals surface area (Å²) < 4.78 is 11.6. The fourth-order valence-electron chi connectivity index (χ4n) is 5.76. The number of para-hydroxylation sites is 1. The average Bonchev–Trinajstić information content (AvgIpc) is 3.09. The van der Waals surface area contributed by atoms with E-state index in [1.165, 1.54) is 19.3 Å². The SMILES string of the molecule is CN(C(=O)CCCOc1cccc2c1N=C(NC(=O)OCc1ccccc1)N(CC(=O)NCc1ccccc1)C2)C1CCCCC1. The number of ether oxygens (including phenoxy) is 2. The summed E-state index contributed by atoms with van der Waals surface area (Å²) in [4.78, 5) is 47.0. The molecule has 0 unspecified atom stereocenters. The van der Waals surface area contributed by atoms with Crippen LogP contribution in [-0.4, -0.2) is 59.9 Å². The molecular weight excluding hydrogens is 582 g/mol. The van der Waals surface area contributed by atoms with E-state index in [1.54, 1.807) is 4.90 Å². The van der Waals surface area contributed by atoms with Gasteiger partial charge in [0, 0.05) is 38.2 Å². The molecule has 0 saturated heterocycles. The van der Waals surface area contributed by atoms with Gasteiger partial charge in [-0.25, -0.2) is 9.79 Å². The number of nitrogens with zero attached hydrogens (tertiary/aromatic N) is 3. The van der Waals surface area contributed by atoms with Crippen molar-refractivity contribution in [3.63, 3.8) is 0 Å². The Morgan fingerprint density at radius 1 is 0.913 bits per heavy atom. The first-order valence-corrected chi connectivity index (χ1v) is 16.1. The molecule has 0 bridgehead atoms. The molecule has 1 aliphatic carbocycles. The Labute approximate surface area is 270 Å². The molecule has 3 amide bonds. The van der Waals surface area contributed by atoms with Crippen LogP contribution in [0.4, 0.5) is 10.5 Å². The molecule has 0 spiro atoms. The monoisotopic (exact) mass is 625 g/mol. The van der Waals surface area contributed by atoms with E-state index in [-0.39, 0.29) is 30.9 Å². The van der Waals surface area contributed by atoms with Gasteiger partial charge in [-0.15, -0.1) is 0 Å². The predicted octanol–water partition coefficient (Wildman–Crippen LogP) is 5.68. The zero-order chi connectivity index (χ0) is 32.1. The van der Waals surface area contributed by atoms with Gasteiger partial charge in [0.15, 0.2) is 0 Å². The van der Waals surface area contributed by atoms with Crippen molar-refractivity contribution >= 4 is 29.6 Å². The van der Waals surface area contributed by atoms with Crippen molar-refractivity contribution < 1.29 is 23.9 Å². The fraction of sp³-hybridized carbons (Fsp3) is 0.389. The van der Waals surface area contributed by atoms with Crippen LogP contribution in [0.1, 0.15) is 61.6 Å². The number of hydrogen-bond acceptors (Lipinski definition) is 7. The zero-order valence-electron chi connectivity index (χ0n) is 26.5. The van der Waals surface area contributed by atoms with Gasteiger partial charge in [0.1, 0.15) is 24.6 Å². The highest BCUT2D eigenvalue weighted by Crippen LogP contribution is 2.35. The van der Waals surface area contributed by atoms with Crippen molar-refractivity contribution in [1.82, 2.24) is 20.4 Å². The summed E-state index contributed by atoms with van der Waals surface area (Å²) >= 11 is 0. The highest BCUT2D eigenvalue weighted by atomic mass is 16.5. The molecule has 1 aliphatic heterocycles.